The fourth-order valence-electron chi connectivity index (χ4n) is 3.12. The molecule has 4 rings (SSSR count). The lowest BCUT2D eigenvalue weighted by Gasteiger charge is -2.24. The van der Waals surface area contributed by atoms with Gasteiger partial charge in [0.2, 0.25) is 5.95 Å². The van der Waals surface area contributed by atoms with Crippen molar-refractivity contribution >= 4 is 22.9 Å². The topological polar surface area (TPSA) is 86.7 Å². The number of benzene rings is 2. The highest BCUT2D eigenvalue weighted by Crippen LogP contribution is 2.36. The number of para-hydroxylation sites is 2. The first-order chi connectivity index (χ1) is 12.7. The Hall–Kier alpha value is -3.22. The molecule has 1 atom stereocenters. The molecule has 0 bridgehead atoms. The minimum absolute atomic E-state index is 0.325. The molecular formula is C19H21N5O2. The van der Waals surface area contributed by atoms with Crippen molar-refractivity contribution in [1.82, 2.24) is 9.55 Å². The van der Waals surface area contributed by atoms with Crippen molar-refractivity contribution in [2.75, 3.05) is 19.0 Å². The lowest BCUT2D eigenvalue weighted by molar-refractivity contribution is 0.293. The molecule has 0 aliphatic carbocycles. The minimum atomic E-state index is -0.325. The number of nitrogens with two attached hydrogens (primary N) is 1. The molecule has 0 spiro atoms. The molecular weight excluding hydrogens is 330 g/mol. The summed E-state index contributed by atoms with van der Waals surface area (Å²) in [6.07, 6.45) is 0.593. The summed E-state index contributed by atoms with van der Waals surface area (Å²) in [5.74, 6) is 2.41. The molecule has 2 heterocycles. The average molecular weight is 351 g/mol. The number of aromatic nitrogens is 2. The van der Waals surface area contributed by atoms with E-state index in [0.717, 1.165) is 23.0 Å². The normalized spacial score (nSPS) is 15.9. The summed E-state index contributed by atoms with van der Waals surface area (Å²) >= 11 is 0. The molecule has 0 unspecified atom stereocenters. The molecule has 7 heteroatoms. The lowest BCUT2D eigenvalue weighted by Crippen LogP contribution is -2.31. The maximum Gasteiger partial charge on any atom is 0.212 e. The molecule has 3 aromatic rings. The van der Waals surface area contributed by atoms with Gasteiger partial charge >= 0.3 is 0 Å². The molecule has 1 aliphatic rings. The number of aliphatic imine (C=N–C) groups is 1. The van der Waals surface area contributed by atoms with E-state index in [4.69, 9.17) is 15.2 Å². The van der Waals surface area contributed by atoms with E-state index in [1.807, 2.05) is 47.0 Å². The highest BCUT2D eigenvalue weighted by molar-refractivity contribution is 5.94. The fourth-order valence-corrected chi connectivity index (χ4v) is 3.12. The minimum Gasteiger partial charge on any atom is -0.493 e. The predicted molar refractivity (Wildman–Crippen MR) is 102 cm³/mol. The lowest BCUT2D eigenvalue weighted by atomic mass is 10.1. The third kappa shape index (κ3) is 2.71. The Labute approximate surface area is 151 Å². The van der Waals surface area contributed by atoms with Crippen LogP contribution in [0.5, 0.6) is 11.5 Å². The predicted octanol–water partition coefficient (Wildman–Crippen LogP) is 3.12. The van der Waals surface area contributed by atoms with Crippen molar-refractivity contribution in [1.29, 1.82) is 0 Å². The maximum atomic E-state index is 6.00. The van der Waals surface area contributed by atoms with E-state index in [1.54, 1.807) is 7.11 Å². The van der Waals surface area contributed by atoms with Crippen molar-refractivity contribution in [2.45, 2.75) is 19.5 Å². The van der Waals surface area contributed by atoms with Crippen LogP contribution in [-0.4, -0.2) is 29.2 Å². The average Bonchev–Trinajstić information content (AvgIpc) is 3.03. The Kier molecular flexibility index (Phi) is 4.12. The van der Waals surface area contributed by atoms with Crippen LogP contribution in [-0.2, 0) is 0 Å². The van der Waals surface area contributed by atoms with E-state index in [-0.39, 0.29) is 6.17 Å². The van der Waals surface area contributed by atoms with E-state index in [2.05, 4.69) is 22.2 Å². The number of hydrogen-bond donors (Lipinski definition) is 2. The molecule has 0 amide bonds. The number of ether oxygens (including phenoxy) is 2. The first-order valence-electron chi connectivity index (χ1n) is 8.59. The Morgan fingerprint density at radius 2 is 2.04 bits per heavy atom. The van der Waals surface area contributed by atoms with Crippen LogP contribution in [0.3, 0.4) is 0 Å². The smallest absolute Gasteiger partial charge is 0.212 e. The third-order valence-electron chi connectivity index (χ3n) is 4.29. The highest BCUT2D eigenvalue weighted by atomic mass is 16.5. The van der Waals surface area contributed by atoms with Gasteiger partial charge in [-0.15, -0.1) is 0 Å². The largest absolute Gasteiger partial charge is 0.493 e. The van der Waals surface area contributed by atoms with Gasteiger partial charge in [0.25, 0.3) is 0 Å². The van der Waals surface area contributed by atoms with Crippen LogP contribution >= 0.6 is 0 Å². The van der Waals surface area contributed by atoms with E-state index in [1.165, 1.54) is 0 Å². The summed E-state index contributed by atoms with van der Waals surface area (Å²) in [5, 5.41) is 3.04. The number of rotatable bonds is 5. The molecule has 3 N–H and O–H groups in total. The van der Waals surface area contributed by atoms with Gasteiger partial charge in [-0.05, 0) is 30.7 Å². The van der Waals surface area contributed by atoms with E-state index >= 15 is 0 Å². The van der Waals surface area contributed by atoms with Crippen LogP contribution in [0.15, 0.2) is 47.5 Å². The van der Waals surface area contributed by atoms with Gasteiger partial charge in [-0.25, -0.2) is 9.98 Å². The number of imidazole rings is 1. The van der Waals surface area contributed by atoms with Gasteiger partial charge in [-0.2, -0.15) is 0 Å². The number of methoxy groups -OCH3 is 1. The van der Waals surface area contributed by atoms with Crippen LogP contribution in [0.4, 0.5) is 5.95 Å². The Bertz CT molecular complexity index is 979. The second-order valence-corrected chi connectivity index (χ2v) is 6.07. The molecule has 26 heavy (non-hydrogen) atoms. The van der Waals surface area contributed by atoms with Crippen LogP contribution in [0.2, 0.25) is 0 Å². The van der Waals surface area contributed by atoms with Crippen molar-refractivity contribution in [3.05, 3.63) is 48.0 Å². The number of hydrogen-bond acceptors (Lipinski definition) is 6. The second kappa shape index (κ2) is 6.59. The molecule has 2 aromatic carbocycles. The summed E-state index contributed by atoms with van der Waals surface area (Å²) in [4.78, 5) is 9.22. The number of nitrogens with one attached hydrogen (secondary N) is 1. The summed E-state index contributed by atoms with van der Waals surface area (Å²) in [5.41, 5.74) is 8.83. The van der Waals surface area contributed by atoms with Gasteiger partial charge in [-0.1, -0.05) is 25.1 Å². The number of nitrogens with zero attached hydrogens (tertiary/aromatic N) is 3. The summed E-state index contributed by atoms with van der Waals surface area (Å²) in [6.45, 7) is 2.69. The zero-order chi connectivity index (χ0) is 18.1. The van der Waals surface area contributed by atoms with E-state index in [0.29, 0.717) is 30.0 Å². The molecule has 1 aromatic heterocycles. The molecule has 0 saturated carbocycles. The second-order valence-electron chi connectivity index (χ2n) is 6.07. The highest BCUT2D eigenvalue weighted by Gasteiger charge is 2.25. The van der Waals surface area contributed by atoms with Crippen LogP contribution in [0.1, 0.15) is 25.1 Å². The monoisotopic (exact) mass is 351 g/mol. The Balaban J connectivity index is 1.83. The van der Waals surface area contributed by atoms with Crippen molar-refractivity contribution in [3.63, 3.8) is 0 Å². The molecule has 0 saturated heterocycles. The van der Waals surface area contributed by atoms with Gasteiger partial charge in [0.15, 0.2) is 23.6 Å². The van der Waals surface area contributed by atoms with Crippen molar-refractivity contribution < 1.29 is 9.47 Å². The van der Waals surface area contributed by atoms with Gasteiger partial charge in [0, 0.05) is 5.56 Å². The molecule has 1 aliphatic heterocycles. The van der Waals surface area contributed by atoms with Crippen molar-refractivity contribution in [2.24, 2.45) is 10.7 Å². The molecule has 0 radical (unpaired) electrons. The van der Waals surface area contributed by atoms with Crippen LogP contribution in [0.25, 0.3) is 11.0 Å². The van der Waals surface area contributed by atoms with Crippen molar-refractivity contribution in [3.8, 4) is 11.5 Å². The number of fused-ring (bicyclic) bond motifs is 3. The van der Waals surface area contributed by atoms with E-state index < -0.39 is 0 Å². The summed E-state index contributed by atoms with van der Waals surface area (Å²) < 4.78 is 13.3. The summed E-state index contributed by atoms with van der Waals surface area (Å²) in [7, 11) is 1.63. The Morgan fingerprint density at radius 3 is 2.85 bits per heavy atom. The quantitative estimate of drug-likeness (QED) is 0.737. The zero-order valence-electron chi connectivity index (χ0n) is 14.8. The number of anilines is 1. The van der Waals surface area contributed by atoms with Gasteiger partial charge in [-0.3, -0.25) is 9.88 Å². The zero-order valence-corrected chi connectivity index (χ0v) is 14.8. The molecule has 134 valence electrons. The fraction of sp³-hybridized carbons (Fsp3) is 0.263. The SMILES string of the molecule is CCCOc1cc([C@H]2N=C(N)Nc3nc4ccccc4n32)ccc1OC. The van der Waals surface area contributed by atoms with E-state index in [9.17, 15) is 0 Å². The standard InChI is InChI=1S/C19H21N5O2/c1-3-10-26-16-11-12(8-9-15(16)25-2)17-22-18(20)23-19-21-13-6-4-5-7-14(13)24(17)19/h4-9,11,17H,3,10H2,1-2H3,(H3,20,21,22,23)/t17-/m0/s1. The first kappa shape index (κ1) is 16.3. The molecule has 0 fully saturated rings. The van der Waals surface area contributed by atoms with Gasteiger partial charge in [0.1, 0.15) is 0 Å². The summed E-state index contributed by atoms with van der Waals surface area (Å²) in [6, 6.07) is 13.8. The molecule has 7 nitrogen and oxygen atoms in total. The van der Waals surface area contributed by atoms with Gasteiger partial charge < -0.3 is 15.2 Å². The third-order valence-corrected chi connectivity index (χ3v) is 4.29. The first-order valence-corrected chi connectivity index (χ1v) is 8.59. The van der Waals surface area contributed by atoms with Crippen LogP contribution in [0, 0.1) is 0 Å². The van der Waals surface area contributed by atoms with Crippen LogP contribution < -0.4 is 20.5 Å². The Morgan fingerprint density at radius 1 is 1.19 bits per heavy atom. The van der Waals surface area contributed by atoms with Gasteiger partial charge in [0.05, 0.1) is 24.8 Å². The maximum absolute atomic E-state index is 6.00. The number of guanidine groups is 1.